The van der Waals surface area contributed by atoms with Gasteiger partial charge in [-0.05, 0) is 49.9 Å². The van der Waals surface area contributed by atoms with Crippen LogP contribution in [0.25, 0.3) is 0 Å². The molecule has 2 aliphatic heterocycles. The number of carbonyl (C=O) groups is 1. The number of piperidine rings is 1. The zero-order valence-corrected chi connectivity index (χ0v) is 17.6. The first-order valence-electron chi connectivity index (χ1n) is 10.2. The Morgan fingerprint density at radius 3 is 2.71 bits per heavy atom. The van der Waals surface area contributed by atoms with Crippen LogP contribution in [0.15, 0.2) is 29.4 Å². The second kappa shape index (κ2) is 8.25. The third kappa shape index (κ3) is 3.70. The van der Waals surface area contributed by atoms with Gasteiger partial charge in [-0.15, -0.1) is 5.10 Å². The quantitative estimate of drug-likeness (QED) is 0.734. The molecule has 2 aromatic rings. The number of benzene rings is 1. The van der Waals surface area contributed by atoms with E-state index in [1.165, 1.54) is 17.5 Å². The Hall–Kier alpha value is -1.86. The highest BCUT2D eigenvalue weighted by molar-refractivity contribution is 8.00. The minimum absolute atomic E-state index is 0.0181. The van der Waals surface area contributed by atoms with Gasteiger partial charge in [-0.1, -0.05) is 37.7 Å². The van der Waals surface area contributed by atoms with Crippen molar-refractivity contribution in [2.24, 2.45) is 5.92 Å². The number of rotatable bonds is 6. The van der Waals surface area contributed by atoms with Gasteiger partial charge in [-0.3, -0.25) is 9.69 Å². The van der Waals surface area contributed by atoms with Gasteiger partial charge in [-0.25, -0.2) is 4.98 Å². The summed E-state index contributed by atoms with van der Waals surface area (Å²) in [6.45, 7) is 8.97. The molecular weight excluding hydrogens is 372 g/mol. The van der Waals surface area contributed by atoms with Gasteiger partial charge >= 0.3 is 0 Å². The minimum Gasteiger partial charge on any atom is -0.494 e. The van der Waals surface area contributed by atoms with Crippen LogP contribution in [-0.2, 0) is 6.42 Å². The van der Waals surface area contributed by atoms with Crippen LogP contribution in [0.5, 0.6) is 5.75 Å². The van der Waals surface area contributed by atoms with Crippen LogP contribution in [0.2, 0.25) is 0 Å². The summed E-state index contributed by atoms with van der Waals surface area (Å²) in [4.78, 5) is 20.2. The van der Waals surface area contributed by atoms with Crippen molar-refractivity contribution in [3.8, 4) is 5.75 Å². The van der Waals surface area contributed by atoms with Crippen LogP contribution in [0.1, 0.15) is 55.8 Å². The number of hydrogen-bond donors (Lipinski definition) is 0. The van der Waals surface area contributed by atoms with Gasteiger partial charge in [0.2, 0.25) is 0 Å². The third-order valence-electron chi connectivity index (χ3n) is 5.52. The second-order valence-electron chi connectivity index (χ2n) is 7.64. The molecule has 1 aromatic heterocycles. The van der Waals surface area contributed by atoms with E-state index in [1.54, 1.807) is 11.8 Å². The van der Waals surface area contributed by atoms with Gasteiger partial charge in [0.15, 0.2) is 11.0 Å². The molecule has 150 valence electrons. The maximum absolute atomic E-state index is 13.2. The van der Waals surface area contributed by atoms with Gasteiger partial charge < -0.3 is 4.74 Å². The second-order valence-corrected chi connectivity index (χ2v) is 8.75. The number of nitrogens with zero attached hydrogens (tertiary/aromatic N) is 4. The molecule has 0 radical (unpaired) electrons. The molecule has 0 N–H and O–H groups in total. The zero-order valence-electron chi connectivity index (χ0n) is 16.8. The number of likely N-dealkylation sites (tertiary alicyclic amines) is 1. The molecule has 4 rings (SSSR count). The lowest BCUT2D eigenvalue weighted by Crippen LogP contribution is -2.43. The number of ether oxygens (including phenoxy) is 1. The summed E-state index contributed by atoms with van der Waals surface area (Å²) >= 11 is 1.56. The van der Waals surface area contributed by atoms with Gasteiger partial charge in [0.1, 0.15) is 11.0 Å². The van der Waals surface area contributed by atoms with Gasteiger partial charge in [0.05, 0.1) is 12.6 Å². The first-order valence-corrected chi connectivity index (χ1v) is 11.1. The van der Waals surface area contributed by atoms with Gasteiger partial charge in [0.25, 0.3) is 5.91 Å². The van der Waals surface area contributed by atoms with Crippen LogP contribution in [-0.4, -0.2) is 50.5 Å². The Labute approximate surface area is 170 Å². The topological polar surface area (TPSA) is 60.3 Å². The summed E-state index contributed by atoms with van der Waals surface area (Å²) in [6, 6.07) is 8.25. The van der Waals surface area contributed by atoms with E-state index in [1.807, 2.05) is 26.0 Å². The fourth-order valence-electron chi connectivity index (χ4n) is 4.18. The molecular formula is C21H28N4O2S. The summed E-state index contributed by atoms with van der Waals surface area (Å²) < 4.78 is 7.12. The van der Waals surface area contributed by atoms with E-state index >= 15 is 0 Å². The third-order valence-corrected chi connectivity index (χ3v) is 6.71. The molecule has 0 spiro atoms. The van der Waals surface area contributed by atoms with Crippen LogP contribution in [0.4, 0.5) is 0 Å². The molecule has 0 aliphatic carbocycles. The van der Waals surface area contributed by atoms with Crippen molar-refractivity contribution in [1.82, 2.24) is 19.7 Å². The standard InChI is InChI=1S/C21H28N4O2S/c1-4-17-22-21-25(23-17)20(26)19(28-21)18(24-12-6-7-14(3)13-24)15-8-10-16(11-9-15)27-5-2/h8-11,14,18-19H,4-7,12-13H2,1-3H3. The molecule has 28 heavy (non-hydrogen) atoms. The molecule has 1 saturated heterocycles. The molecule has 0 amide bonds. The molecule has 3 heterocycles. The van der Waals surface area contributed by atoms with Crippen molar-refractivity contribution in [2.45, 2.75) is 56.5 Å². The highest BCUT2D eigenvalue weighted by Gasteiger charge is 2.43. The van der Waals surface area contributed by atoms with Crippen molar-refractivity contribution in [2.75, 3.05) is 19.7 Å². The number of aryl methyl sites for hydroxylation is 1. The van der Waals surface area contributed by atoms with E-state index in [9.17, 15) is 4.79 Å². The number of fused-ring (bicyclic) bond motifs is 1. The Bertz CT molecular complexity index is 835. The Balaban J connectivity index is 1.65. The monoisotopic (exact) mass is 400 g/mol. The van der Waals surface area contributed by atoms with Crippen molar-refractivity contribution >= 4 is 17.7 Å². The highest BCUT2D eigenvalue weighted by atomic mass is 32.2. The normalized spacial score (nSPS) is 23.6. The molecule has 3 atom stereocenters. The maximum Gasteiger partial charge on any atom is 0.264 e. The molecule has 0 saturated carbocycles. The van der Waals surface area contributed by atoms with E-state index in [4.69, 9.17) is 4.74 Å². The lowest BCUT2D eigenvalue weighted by atomic mass is 9.94. The summed E-state index contributed by atoms with van der Waals surface area (Å²) in [7, 11) is 0. The lowest BCUT2D eigenvalue weighted by molar-refractivity contribution is 0.0787. The van der Waals surface area contributed by atoms with Crippen molar-refractivity contribution < 1.29 is 9.53 Å². The maximum atomic E-state index is 13.2. The van der Waals surface area contributed by atoms with Crippen molar-refractivity contribution in [3.63, 3.8) is 0 Å². The van der Waals surface area contributed by atoms with E-state index in [0.29, 0.717) is 12.5 Å². The Kier molecular flexibility index (Phi) is 5.73. The first-order chi connectivity index (χ1) is 13.6. The predicted molar refractivity (Wildman–Crippen MR) is 110 cm³/mol. The van der Waals surface area contributed by atoms with Gasteiger partial charge in [-0.2, -0.15) is 4.68 Å². The summed E-state index contributed by atoms with van der Waals surface area (Å²) in [5.41, 5.74) is 1.16. The fourth-order valence-corrected chi connectivity index (χ4v) is 5.45. The largest absolute Gasteiger partial charge is 0.494 e. The summed E-state index contributed by atoms with van der Waals surface area (Å²) in [5.74, 6) is 2.29. The first kappa shape index (κ1) is 19.5. The number of hydrogen-bond acceptors (Lipinski definition) is 6. The van der Waals surface area contributed by atoms with E-state index in [2.05, 4.69) is 34.0 Å². The highest BCUT2D eigenvalue weighted by Crippen LogP contribution is 2.42. The lowest BCUT2D eigenvalue weighted by Gasteiger charge is -2.39. The van der Waals surface area contributed by atoms with Crippen molar-refractivity contribution in [3.05, 3.63) is 35.7 Å². The SMILES string of the molecule is CCOc1ccc(C(C2Sc3nc(CC)nn3C2=O)N2CCCC(C)C2)cc1. The van der Waals surface area contributed by atoms with Crippen LogP contribution in [0.3, 0.4) is 0 Å². The average molecular weight is 401 g/mol. The predicted octanol–water partition coefficient (Wildman–Crippen LogP) is 3.83. The summed E-state index contributed by atoms with van der Waals surface area (Å²) in [5, 5.41) is 4.92. The average Bonchev–Trinajstić information content (AvgIpc) is 3.23. The molecule has 2 aliphatic rings. The molecule has 3 unspecified atom stereocenters. The Morgan fingerprint density at radius 2 is 2.07 bits per heavy atom. The van der Waals surface area contributed by atoms with E-state index in [-0.39, 0.29) is 17.2 Å². The molecule has 1 fully saturated rings. The Morgan fingerprint density at radius 1 is 1.29 bits per heavy atom. The van der Waals surface area contributed by atoms with Crippen LogP contribution < -0.4 is 4.74 Å². The molecule has 1 aromatic carbocycles. The fraction of sp³-hybridized carbons (Fsp3) is 0.571. The van der Waals surface area contributed by atoms with Gasteiger partial charge in [0, 0.05) is 13.0 Å². The van der Waals surface area contributed by atoms with E-state index in [0.717, 1.165) is 41.8 Å². The molecule has 6 nitrogen and oxygen atoms in total. The molecule has 7 heteroatoms. The van der Waals surface area contributed by atoms with E-state index < -0.39 is 0 Å². The molecule has 0 bridgehead atoms. The number of carbonyl (C=O) groups excluding carboxylic acids is 1. The smallest absolute Gasteiger partial charge is 0.264 e. The van der Waals surface area contributed by atoms with Crippen LogP contribution >= 0.6 is 11.8 Å². The van der Waals surface area contributed by atoms with Crippen LogP contribution in [0, 0.1) is 5.92 Å². The number of thioether (sulfide) groups is 1. The minimum atomic E-state index is -0.218. The zero-order chi connectivity index (χ0) is 19.7. The number of aromatic nitrogens is 3. The van der Waals surface area contributed by atoms with Crippen molar-refractivity contribution in [1.29, 1.82) is 0 Å². The summed E-state index contributed by atoms with van der Waals surface area (Å²) in [6.07, 6.45) is 3.16.